The molecule has 3 aromatic rings. The number of fused-ring (bicyclic) bond motifs is 1. The van der Waals surface area contributed by atoms with E-state index in [0.717, 1.165) is 28.1 Å². The van der Waals surface area contributed by atoms with Crippen LogP contribution in [0.15, 0.2) is 78.9 Å². The van der Waals surface area contributed by atoms with Crippen LogP contribution in [0.1, 0.15) is 57.4 Å². The zero-order chi connectivity index (χ0) is 28.4. The van der Waals surface area contributed by atoms with E-state index in [0.29, 0.717) is 13.2 Å². The van der Waals surface area contributed by atoms with Crippen LogP contribution in [0, 0.1) is 5.92 Å². The van der Waals surface area contributed by atoms with Crippen molar-refractivity contribution in [2.45, 2.75) is 70.9 Å². The minimum absolute atomic E-state index is 0.00565. The summed E-state index contributed by atoms with van der Waals surface area (Å²) in [5.74, 6) is 0.881. The molecule has 2 atom stereocenters. The van der Waals surface area contributed by atoms with Crippen LogP contribution in [0.4, 0.5) is 5.69 Å². The van der Waals surface area contributed by atoms with Gasteiger partial charge in [-0.2, -0.15) is 0 Å². The maximum absolute atomic E-state index is 14.6. The van der Waals surface area contributed by atoms with E-state index in [9.17, 15) is 4.79 Å². The van der Waals surface area contributed by atoms with Crippen molar-refractivity contribution < 1.29 is 14.0 Å². The van der Waals surface area contributed by atoms with Crippen LogP contribution in [0.5, 0.6) is 5.75 Å². The van der Waals surface area contributed by atoms with Gasteiger partial charge in [-0.1, -0.05) is 95.3 Å². The summed E-state index contributed by atoms with van der Waals surface area (Å²) in [6, 6.07) is 26.4. The van der Waals surface area contributed by atoms with Gasteiger partial charge < -0.3 is 14.1 Å². The van der Waals surface area contributed by atoms with Gasteiger partial charge >= 0.3 is 0 Å². The molecule has 0 aliphatic carbocycles. The Morgan fingerprint density at radius 2 is 1.54 bits per heavy atom. The highest BCUT2D eigenvalue weighted by Gasteiger charge is 2.54. The molecule has 1 amide bonds. The summed E-state index contributed by atoms with van der Waals surface area (Å²) in [6.07, 6.45) is 0. The molecule has 0 aromatic heterocycles. The third kappa shape index (κ3) is 5.69. The lowest BCUT2D eigenvalue weighted by Crippen LogP contribution is -2.56. The van der Waals surface area contributed by atoms with Crippen molar-refractivity contribution in [1.82, 2.24) is 5.32 Å². The van der Waals surface area contributed by atoms with Gasteiger partial charge in [-0.25, -0.2) is 0 Å². The van der Waals surface area contributed by atoms with E-state index >= 15 is 0 Å². The monoisotopic (exact) mass is 544 g/mol. The number of amides is 1. The van der Waals surface area contributed by atoms with E-state index in [-0.39, 0.29) is 22.9 Å². The highest BCUT2D eigenvalue weighted by atomic mass is 28.4. The second-order valence-electron chi connectivity index (χ2n) is 12.4. The molecule has 0 saturated heterocycles. The fraction of sp³-hybridized carbons (Fsp3) is 0.424. The Morgan fingerprint density at radius 3 is 2.13 bits per heavy atom. The van der Waals surface area contributed by atoms with Crippen molar-refractivity contribution in [2.75, 3.05) is 18.6 Å². The average molecular weight is 545 g/mol. The lowest BCUT2D eigenvalue weighted by molar-refractivity contribution is -0.126. The van der Waals surface area contributed by atoms with Crippen molar-refractivity contribution in [3.8, 4) is 5.75 Å². The highest BCUT2D eigenvalue weighted by molar-refractivity contribution is 6.74. The number of nitrogens with one attached hydrogen (secondary N) is 1. The topological polar surface area (TPSA) is 50.8 Å². The molecule has 5 nitrogen and oxygen atoms in total. The first kappa shape index (κ1) is 29.1. The number of nitrogens with zero attached hydrogens (tertiary/aromatic N) is 1. The average Bonchev–Trinajstić information content (AvgIpc) is 3.15. The summed E-state index contributed by atoms with van der Waals surface area (Å²) >= 11 is 0. The summed E-state index contributed by atoms with van der Waals surface area (Å²) in [6.45, 7) is 16.6. The number of carbonyl (C=O) groups is 1. The van der Waals surface area contributed by atoms with Crippen molar-refractivity contribution in [3.63, 3.8) is 0 Å². The number of para-hydroxylation sites is 1. The van der Waals surface area contributed by atoms with Gasteiger partial charge in [0.2, 0.25) is 0 Å². The molecule has 4 rings (SSSR count). The Bertz CT molecular complexity index is 1270. The smallest absolute Gasteiger partial charge is 0.252 e. The predicted molar refractivity (Wildman–Crippen MR) is 163 cm³/mol. The molecule has 1 aliphatic rings. The number of benzene rings is 3. The van der Waals surface area contributed by atoms with Gasteiger partial charge in [0.1, 0.15) is 11.3 Å². The minimum atomic E-state index is -2.01. The van der Waals surface area contributed by atoms with Gasteiger partial charge in [0, 0.05) is 11.3 Å². The van der Waals surface area contributed by atoms with E-state index in [1.807, 2.05) is 47.4 Å². The van der Waals surface area contributed by atoms with E-state index in [1.54, 1.807) is 7.11 Å². The van der Waals surface area contributed by atoms with E-state index in [2.05, 4.69) is 89.4 Å². The molecule has 0 saturated carbocycles. The zero-order valence-corrected chi connectivity index (χ0v) is 25.7. The molecule has 0 unspecified atom stereocenters. The quantitative estimate of drug-likeness (QED) is 0.269. The largest absolute Gasteiger partial charge is 0.497 e. The van der Waals surface area contributed by atoms with Crippen molar-refractivity contribution in [1.29, 1.82) is 0 Å². The third-order valence-electron chi connectivity index (χ3n) is 8.59. The van der Waals surface area contributed by atoms with Gasteiger partial charge in [0.05, 0.1) is 26.3 Å². The van der Waals surface area contributed by atoms with Gasteiger partial charge in [-0.05, 0) is 53.4 Å². The van der Waals surface area contributed by atoms with Crippen LogP contribution in [0.25, 0.3) is 0 Å². The number of rotatable bonds is 10. The molecule has 1 heterocycles. The first-order valence-electron chi connectivity index (χ1n) is 13.9. The number of ether oxygens (including phenoxy) is 1. The van der Waals surface area contributed by atoms with Gasteiger partial charge in [-0.15, -0.1) is 0 Å². The fourth-order valence-corrected chi connectivity index (χ4v) is 6.12. The van der Waals surface area contributed by atoms with Crippen molar-refractivity contribution in [2.24, 2.45) is 5.92 Å². The molecular weight excluding hydrogens is 500 g/mol. The van der Waals surface area contributed by atoms with Crippen LogP contribution >= 0.6 is 0 Å². The number of hydrogen-bond acceptors (Lipinski definition) is 4. The minimum Gasteiger partial charge on any atom is -0.497 e. The molecule has 0 spiro atoms. The molecule has 6 heteroatoms. The van der Waals surface area contributed by atoms with Gasteiger partial charge in [-0.3, -0.25) is 10.1 Å². The highest BCUT2D eigenvalue weighted by Crippen LogP contribution is 2.47. The van der Waals surface area contributed by atoms with E-state index in [1.165, 1.54) is 0 Å². The molecule has 1 N–H and O–H groups in total. The van der Waals surface area contributed by atoms with Crippen LogP contribution in [-0.4, -0.2) is 27.9 Å². The van der Waals surface area contributed by atoms with Crippen molar-refractivity contribution >= 4 is 19.9 Å². The van der Waals surface area contributed by atoms with E-state index in [4.69, 9.17) is 9.16 Å². The Labute approximate surface area is 235 Å². The third-order valence-corrected chi connectivity index (χ3v) is 13.1. The number of hydrogen-bond donors (Lipinski definition) is 1. The van der Waals surface area contributed by atoms with Crippen molar-refractivity contribution in [3.05, 3.63) is 95.6 Å². The van der Waals surface area contributed by atoms with Gasteiger partial charge in [0.15, 0.2) is 8.32 Å². The zero-order valence-electron chi connectivity index (χ0n) is 24.7. The summed E-state index contributed by atoms with van der Waals surface area (Å²) in [7, 11) is -0.352. The fourth-order valence-electron chi connectivity index (χ4n) is 5.10. The predicted octanol–water partition coefficient (Wildman–Crippen LogP) is 7.45. The Hall–Kier alpha value is -2.93. The Morgan fingerprint density at radius 1 is 0.923 bits per heavy atom. The lowest BCUT2D eigenvalue weighted by Gasteiger charge is -2.41. The molecule has 0 fully saturated rings. The number of carbonyl (C=O) groups excluding carboxylic acids is 1. The molecular formula is C33H44N2O3Si. The second-order valence-corrected chi connectivity index (χ2v) is 17.2. The Kier molecular flexibility index (Phi) is 8.40. The molecule has 39 heavy (non-hydrogen) atoms. The van der Waals surface area contributed by atoms with Crippen LogP contribution in [0.2, 0.25) is 18.1 Å². The van der Waals surface area contributed by atoms with Crippen LogP contribution in [-0.2, 0) is 21.3 Å². The van der Waals surface area contributed by atoms with Crippen LogP contribution < -0.4 is 15.0 Å². The maximum Gasteiger partial charge on any atom is 0.252 e. The van der Waals surface area contributed by atoms with Gasteiger partial charge in [0.25, 0.3) is 5.91 Å². The van der Waals surface area contributed by atoms with E-state index < -0.39 is 13.9 Å². The second kappa shape index (κ2) is 11.3. The first-order chi connectivity index (χ1) is 18.4. The standard InChI is InChI=1S/C33H44N2O3Si/c1-24(2)33(34-29(26-14-10-9-11-15-26)23-38-39(7,8)32(3,4)5)28-16-12-13-17-30(28)35(31(33)36)22-25-18-20-27(37-6)21-19-25/h9-21,24,29,34H,22-23H2,1-8H3/t29-,33-/m0/s1. The molecule has 3 aromatic carbocycles. The molecule has 208 valence electrons. The summed E-state index contributed by atoms with van der Waals surface area (Å²) in [5, 5.41) is 3.99. The molecule has 0 bridgehead atoms. The summed E-state index contributed by atoms with van der Waals surface area (Å²) < 4.78 is 12.1. The SMILES string of the molecule is COc1ccc(CN2C(=O)[C@](N[C@@H](CO[Si](C)(C)C(C)(C)C)c3ccccc3)(C(C)C)c3ccccc32)cc1. The number of methoxy groups -OCH3 is 1. The molecule has 1 aliphatic heterocycles. The van der Waals surface area contributed by atoms with Crippen LogP contribution in [0.3, 0.4) is 0 Å². The first-order valence-corrected chi connectivity index (χ1v) is 16.8. The summed E-state index contributed by atoms with van der Waals surface area (Å²) in [4.78, 5) is 16.5. The maximum atomic E-state index is 14.6. The lowest BCUT2D eigenvalue weighted by atomic mass is 9.79. The molecule has 0 radical (unpaired) electrons. The normalized spacial score (nSPS) is 18.4. The Balaban J connectivity index is 1.74. The number of anilines is 1. The summed E-state index contributed by atoms with van der Waals surface area (Å²) in [5.41, 5.74) is 3.26.